The molecular weight excluding hydrogens is 382 g/mol. The highest BCUT2D eigenvalue weighted by atomic mass is 35.5. The first kappa shape index (κ1) is 18.2. The third-order valence-corrected chi connectivity index (χ3v) is 4.55. The van der Waals surface area contributed by atoms with Crippen LogP contribution < -0.4 is 10.2 Å². The highest BCUT2D eigenvalue weighted by Crippen LogP contribution is 2.23. The van der Waals surface area contributed by atoms with E-state index in [1.54, 1.807) is 59.5 Å². The molecule has 142 valence electrons. The molecule has 0 aliphatic carbocycles. The molecule has 2 amide bonds. The van der Waals surface area contributed by atoms with E-state index in [0.29, 0.717) is 29.6 Å². The molecule has 3 aromatic rings. The minimum atomic E-state index is -0.390. The molecule has 0 spiro atoms. The van der Waals surface area contributed by atoms with Gasteiger partial charge in [0.2, 0.25) is 0 Å². The number of benzene rings is 2. The lowest BCUT2D eigenvalue weighted by molar-refractivity contribution is -0.125. The topological polar surface area (TPSA) is 84.7 Å². The number of nitrogens with zero attached hydrogens (tertiary/aromatic N) is 2. The van der Waals surface area contributed by atoms with Gasteiger partial charge in [-0.05, 0) is 48.5 Å². The molecule has 0 saturated carbocycles. The number of carbonyl (C=O) groups is 2. The summed E-state index contributed by atoms with van der Waals surface area (Å²) in [5.74, 6) is 0.00233. The van der Waals surface area contributed by atoms with Gasteiger partial charge >= 0.3 is 0 Å². The molecule has 8 heteroatoms. The van der Waals surface area contributed by atoms with Crippen molar-refractivity contribution in [2.24, 2.45) is 0 Å². The molecule has 1 aliphatic rings. The molecule has 0 bridgehead atoms. The zero-order valence-corrected chi connectivity index (χ0v) is 15.5. The summed E-state index contributed by atoms with van der Waals surface area (Å²) in [5, 5.41) is 7.20. The molecule has 7 nitrogen and oxygen atoms in total. The lowest BCUT2D eigenvalue weighted by atomic mass is 10.1. The van der Waals surface area contributed by atoms with E-state index in [9.17, 15) is 9.59 Å². The van der Waals surface area contributed by atoms with Gasteiger partial charge in [-0.2, -0.15) is 0 Å². The Kier molecular flexibility index (Phi) is 5.10. The van der Waals surface area contributed by atoms with E-state index in [-0.39, 0.29) is 24.1 Å². The Bertz CT molecular complexity index is 999. The van der Waals surface area contributed by atoms with Crippen LogP contribution in [0.4, 0.5) is 11.4 Å². The van der Waals surface area contributed by atoms with E-state index in [1.807, 2.05) is 0 Å². The molecule has 1 aromatic heterocycles. The molecule has 0 atom stereocenters. The summed E-state index contributed by atoms with van der Waals surface area (Å²) in [6.07, 6.45) is 0. The van der Waals surface area contributed by atoms with Crippen LogP contribution in [0.25, 0.3) is 11.3 Å². The lowest BCUT2D eigenvalue weighted by Crippen LogP contribution is -2.41. The number of halogens is 1. The van der Waals surface area contributed by atoms with E-state index in [2.05, 4.69) is 10.5 Å². The SMILES string of the molecule is O=C(Nc1ccc(N2CCOCC2=O)cc1)c1cc(-c2ccc(Cl)cc2)on1. The van der Waals surface area contributed by atoms with E-state index >= 15 is 0 Å². The van der Waals surface area contributed by atoms with Gasteiger partial charge in [0, 0.05) is 34.6 Å². The largest absolute Gasteiger partial charge is 0.370 e. The number of hydrogen-bond donors (Lipinski definition) is 1. The van der Waals surface area contributed by atoms with Crippen LogP contribution in [0.5, 0.6) is 0 Å². The predicted octanol–water partition coefficient (Wildman–Crippen LogP) is 3.61. The molecule has 0 unspecified atom stereocenters. The Balaban J connectivity index is 1.44. The maximum atomic E-state index is 12.4. The number of rotatable bonds is 4. The second-order valence-electron chi connectivity index (χ2n) is 6.18. The number of aromatic nitrogens is 1. The zero-order chi connectivity index (χ0) is 19.5. The van der Waals surface area contributed by atoms with Crippen molar-refractivity contribution >= 4 is 34.8 Å². The Hall–Kier alpha value is -3.16. The van der Waals surface area contributed by atoms with Crippen LogP contribution in [0.3, 0.4) is 0 Å². The number of ether oxygens (including phenoxy) is 1. The standard InChI is InChI=1S/C20H16ClN3O4/c21-14-3-1-13(2-4-14)18-11-17(23-28-18)20(26)22-15-5-7-16(8-6-15)24-9-10-27-12-19(24)25/h1-8,11H,9-10,12H2,(H,22,26). The zero-order valence-electron chi connectivity index (χ0n) is 14.7. The molecular formula is C20H16ClN3O4. The fourth-order valence-electron chi connectivity index (χ4n) is 2.84. The fraction of sp³-hybridized carbons (Fsp3) is 0.150. The number of morpholine rings is 1. The average molecular weight is 398 g/mol. The molecule has 4 rings (SSSR count). The lowest BCUT2D eigenvalue weighted by Gasteiger charge is -2.26. The van der Waals surface area contributed by atoms with Crippen LogP contribution in [0.1, 0.15) is 10.5 Å². The third kappa shape index (κ3) is 3.90. The van der Waals surface area contributed by atoms with Gasteiger partial charge in [0.05, 0.1) is 6.61 Å². The van der Waals surface area contributed by atoms with Gasteiger partial charge in [-0.25, -0.2) is 0 Å². The van der Waals surface area contributed by atoms with Crippen LogP contribution in [0.2, 0.25) is 5.02 Å². The number of anilines is 2. The van der Waals surface area contributed by atoms with Gasteiger partial charge in [-0.15, -0.1) is 0 Å². The normalized spacial score (nSPS) is 14.2. The van der Waals surface area contributed by atoms with Gasteiger partial charge < -0.3 is 19.5 Å². The average Bonchev–Trinajstić information content (AvgIpc) is 3.20. The third-order valence-electron chi connectivity index (χ3n) is 4.29. The number of carbonyl (C=O) groups excluding carboxylic acids is 2. The molecule has 2 heterocycles. The van der Waals surface area contributed by atoms with E-state index in [0.717, 1.165) is 11.3 Å². The van der Waals surface area contributed by atoms with Crippen LogP contribution in [-0.2, 0) is 9.53 Å². The Morgan fingerprint density at radius 1 is 1.11 bits per heavy atom. The number of hydrogen-bond acceptors (Lipinski definition) is 5. The quantitative estimate of drug-likeness (QED) is 0.727. The predicted molar refractivity (Wildman–Crippen MR) is 105 cm³/mol. The van der Waals surface area contributed by atoms with Crippen molar-refractivity contribution < 1.29 is 18.8 Å². The summed E-state index contributed by atoms with van der Waals surface area (Å²) < 4.78 is 10.4. The van der Waals surface area contributed by atoms with Crippen LogP contribution in [0, 0.1) is 0 Å². The summed E-state index contributed by atoms with van der Waals surface area (Å²) in [6, 6.07) is 15.6. The number of amides is 2. The number of nitrogens with one attached hydrogen (secondary N) is 1. The van der Waals surface area contributed by atoms with E-state index in [1.165, 1.54) is 0 Å². The van der Waals surface area contributed by atoms with Gasteiger partial charge in [0.25, 0.3) is 11.8 Å². The maximum Gasteiger partial charge on any atom is 0.277 e. The van der Waals surface area contributed by atoms with Gasteiger partial charge in [-0.1, -0.05) is 16.8 Å². The van der Waals surface area contributed by atoms with Crippen molar-refractivity contribution in [3.05, 3.63) is 65.3 Å². The van der Waals surface area contributed by atoms with Crippen LogP contribution in [0.15, 0.2) is 59.1 Å². The summed E-state index contributed by atoms with van der Waals surface area (Å²) in [7, 11) is 0. The molecule has 1 saturated heterocycles. The second-order valence-corrected chi connectivity index (χ2v) is 6.62. The van der Waals surface area contributed by atoms with Crippen molar-refractivity contribution in [3.8, 4) is 11.3 Å². The Labute approximate surface area is 165 Å². The minimum absolute atomic E-state index is 0.0830. The van der Waals surface area contributed by atoms with Gasteiger partial charge in [-0.3, -0.25) is 9.59 Å². The monoisotopic (exact) mass is 397 g/mol. The molecule has 1 N–H and O–H groups in total. The summed E-state index contributed by atoms with van der Waals surface area (Å²) in [6.45, 7) is 1.10. The van der Waals surface area contributed by atoms with E-state index in [4.69, 9.17) is 20.9 Å². The first-order chi connectivity index (χ1) is 13.6. The van der Waals surface area contributed by atoms with Crippen LogP contribution >= 0.6 is 11.6 Å². The molecule has 28 heavy (non-hydrogen) atoms. The summed E-state index contributed by atoms with van der Waals surface area (Å²) >= 11 is 5.88. The molecule has 1 aliphatic heterocycles. The van der Waals surface area contributed by atoms with E-state index < -0.39 is 0 Å². The Morgan fingerprint density at radius 3 is 2.57 bits per heavy atom. The maximum absolute atomic E-state index is 12.4. The smallest absolute Gasteiger partial charge is 0.277 e. The highest BCUT2D eigenvalue weighted by molar-refractivity contribution is 6.30. The van der Waals surface area contributed by atoms with Crippen molar-refractivity contribution in [1.82, 2.24) is 5.16 Å². The molecule has 0 radical (unpaired) electrons. The summed E-state index contributed by atoms with van der Waals surface area (Å²) in [5.41, 5.74) is 2.29. The van der Waals surface area contributed by atoms with Crippen molar-refractivity contribution in [2.45, 2.75) is 0 Å². The fourth-order valence-corrected chi connectivity index (χ4v) is 2.97. The van der Waals surface area contributed by atoms with Crippen LogP contribution in [-0.4, -0.2) is 36.7 Å². The highest BCUT2D eigenvalue weighted by Gasteiger charge is 2.20. The Morgan fingerprint density at radius 2 is 1.86 bits per heavy atom. The second kappa shape index (κ2) is 7.84. The summed E-state index contributed by atoms with van der Waals surface area (Å²) in [4.78, 5) is 26.0. The van der Waals surface area contributed by atoms with Gasteiger partial charge in [0.15, 0.2) is 11.5 Å². The molecule has 1 fully saturated rings. The minimum Gasteiger partial charge on any atom is -0.370 e. The van der Waals surface area contributed by atoms with Crippen molar-refractivity contribution in [2.75, 3.05) is 30.0 Å². The van der Waals surface area contributed by atoms with Gasteiger partial charge in [0.1, 0.15) is 6.61 Å². The first-order valence-corrected chi connectivity index (χ1v) is 9.00. The van der Waals surface area contributed by atoms with Crippen molar-refractivity contribution in [3.63, 3.8) is 0 Å². The molecule has 2 aromatic carbocycles. The van der Waals surface area contributed by atoms with Crippen molar-refractivity contribution in [1.29, 1.82) is 0 Å². The first-order valence-electron chi connectivity index (χ1n) is 8.62.